The van der Waals surface area contributed by atoms with E-state index in [0.29, 0.717) is 12.2 Å². The van der Waals surface area contributed by atoms with E-state index >= 15 is 0 Å². The molecule has 0 atom stereocenters. The van der Waals surface area contributed by atoms with Gasteiger partial charge in [0.05, 0.1) is 0 Å². The summed E-state index contributed by atoms with van der Waals surface area (Å²) < 4.78 is 0. The summed E-state index contributed by atoms with van der Waals surface area (Å²) in [7, 11) is 2.01. The van der Waals surface area contributed by atoms with Gasteiger partial charge in [-0.1, -0.05) is 23.8 Å². The van der Waals surface area contributed by atoms with Crippen molar-refractivity contribution in [2.45, 2.75) is 13.5 Å². The van der Waals surface area contributed by atoms with Gasteiger partial charge in [-0.25, -0.2) is 4.98 Å². The van der Waals surface area contributed by atoms with Crippen molar-refractivity contribution < 1.29 is 0 Å². The second-order valence-corrected chi connectivity index (χ2v) is 4.31. The third-order valence-electron chi connectivity index (χ3n) is 2.88. The molecule has 0 saturated carbocycles. The Morgan fingerprint density at radius 3 is 2.61 bits per heavy atom. The Balaban J connectivity index is 2.19. The Morgan fingerprint density at radius 2 is 1.94 bits per heavy atom. The summed E-state index contributed by atoms with van der Waals surface area (Å²) in [6.07, 6.45) is 1.65. The van der Waals surface area contributed by atoms with Gasteiger partial charge in [0.2, 0.25) is 0 Å². The fourth-order valence-corrected chi connectivity index (χ4v) is 1.81. The number of rotatable bonds is 3. The number of benzene rings is 1. The monoisotopic (exact) mass is 237 g/mol. The molecule has 0 aliphatic heterocycles. The highest BCUT2D eigenvalue weighted by Gasteiger charge is 2.06. The fourth-order valence-electron chi connectivity index (χ4n) is 1.81. The summed E-state index contributed by atoms with van der Waals surface area (Å²) >= 11 is 0. The second-order valence-electron chi connectivity index (χ2n) is 4.31. The third-order valence-corrected chi connectivity index (χ3v) is 2.88. The van der Waals surface area contributed by atoms with Crippen molar-refractivity contribution >= 4 is 5.69 Å². The molecule has 0 saturated heterocycles. The minimum Gasteiger partial charge on any atom is -0.370 e. The number of anilines is 1. The minimum atomic E-state index is 0.497. The topological polar surface area (TPSA) is 39.9 Å². The van der Waals surface area contributed by atoms with Crippen LogP contribution < -0.4 is 4.90 Å². The van der Waals surface area contributed by atoms with Crippen molar-refractivity contribution in [2.75, 3.05) is 11.9 Å². The van der Waals surface area contributed by atoms with Crippen LogP contribution in [0.2, 0.25) is 0 Å². The normalized spacial score (nSPS) is 9.83. The maximum Gasteiger partial charge on any atom is 0.145 e. The minimum absolute atomic E-state index is 0.497. The molecule has 1 aromatic carbocycles. The van der Waals surface area contributed by atoms with Crippen molar-refractivity contribution in [2.24, 2.45) is 0 Å². The maximum atomic E-state index is 9.01. The van der Waals surface area contributed by atoms with Gasteiger partial charge in [0.15, 0.2) is 0 Å². The molecule has 0 radical (unpaired) electrons. The van der Waals surface area contributed by atoms with Crippen LogP contribution in [0.15, 0.2) is 42.6 Å². The van der Waals surface area contributed by atoms with E-state index in [4.69, 9.17) is 5.26 Å². The SMILES string of the molecule is Cc1ccc(N(C)Cc2cccnc2C#N)cc1. The van der Waals surface area contributed by atoms with E-state index in [1.165, 1.54) is 5.56 Å². The zero-order chi connectivity index (χ0) is 13.0. The third kappa shape index (κ3) is 2.67. The highest BCUT2D eigenvalue weighted by molar-refractivity contribution is 5.48. The van der Waals surface area contributed by atoms with E-state index < -0.39 is 0 Å². The smallest absolute Gasteiger partial charge is 0.145 e. The summed E-state index contributed by atoms with van der Waals surface area (Å²) in [5.41, 5.74) is 3.82. The molecule has 90 valence electrons. The molecule has 1 aromatic heterocycles. The highest BCUT2D eigenvalue weighted by Crippen LogP contribution is 2.17. The number of hydrogen-bond donors (Lipinski definition) is 0. The number of nitriles is 1. The Hall–Kier alpha value is -2.34. The van der Waals surface area contributed by atoms with Crippen LogP contribution in [0, 0.1) is 18.3 Å². The van der Waals surface area contributed by atoms with Gasteiger partial charge in [0.25, 0.3) is 0 Å². The maximum absolute atomic E-state index is 9.01. The van der Waals surface area contributed by atoms with Crippen LogP contribution >= 0.6 is 0 Å². The number of pyridine rings is 1. The van der Waals surface area contributed by atoms with Crippen molar-refractivity contribution in [3.63, 3.8) is 0 Å². The number of nitrogens with zero attached hydrogens (tertiary/aromatic N) is 3. The van der Waals surface area contributed by atoms with Crippen molar-refractivity contribution in [3.8, 4) is 6.07 Å². The van der Waals surface area contributed by atoms with Crippen molar-refractivity contribution in [1.29, 1.82) is 5.26 Å². The van der Waals surface area contributed by atoms with Gasteiger partial charge >= 0.3 is 0 Å². The van der Waals surface area contributed by atoms with Gasteiger partial charge in [0.1, 0.15) is 11.8 Å². The first-order valence-corrected chi connectivity index (χ1v) is 5.82. The molecule has 0 spiro atoms. The number of aromatic nitrogens is 1. The molecule has 2 aromatic rings. The molecule has 3 nitrogen and oxygen atoms in total. The largest absolute Gasteiger partial charge is 0.370 e. The van der Waals surface area contributed by atoms with Crippen LogP contribution in [0.4, 0.5) is 5.69 Å². The van der Waals surface area contributed by atoms with Crippen LogP contribution in [0.25, 0.3) is 0 Å². The van der Waals surface area contributed by atoms with E-state index in [1.807, 2.05) is 19.2 Å². The first kappa shape index (κ1) is 12.1. The van der Waals surface area contributed by atoms with Crippen LogP contribution in [0.5, 0.6) is 0 Å². The van der Waals surface area contributed by atoms with Gasteiger partial charge < -0.3 is 4.90 Å². The molecular formula is C15H15N3. The second kappa shape index (κ2) is 5.33. The molecule has 0 unspecified atom stereocenters. The first-order chi connectivity index (χ1) is 8.70. The van der Waals surface area contributed by atoms with Crippen molar-refractivity contribution in [3.05, 3.63) is 59.4 Å². The van der Waals surface area contributed by atoms with Gasteiger partial charge in [-0.05, 0) is 25.1 Å². The van der Waals surface area contributed by atoms with Crippen molar-refractivity contribution in [1.82, 2.24) is 4.98 Å². The van der Waals surface area contributed by atoms with Crippen LogP contribution in [-0.4, -0.2) is 12.0 Å². The van der Waals surface area contributed by atoms with E-state index in [1.54, 1.807) is 6.20 Å². The number of aryl methyl sites for hydroxylation is 1. The molecule has 0 amide bonds. The van der Waals surface area contributed by atoms with E-state index in [-0.39, 0.29) is 0 Å². The molecule has 3 heteroatoms. The quantitative estimate of drug-likeness (QED) is 0.824. The summed E-state index contributed by atoms with van der Waals surface area (Å²) in [6, 6.07) is 14.3. The molecule has 0 N–H and O–H groups in total. The lowest BCUT2D eigenvalue weighted by Crippen LogP contribution is -2.17. The average Bonchev–Trinajstić information content (AvgIpc) is 2.40. The standard InChI is InChI=1S/C15H15N3/c1-12-5-7-14(8-6-12)18(2)11-13-4-3-9-17-15(13)10-16/h3-9H,11H2,1-2H3. The van der Waals surface area contributed by atoms with Gasteiger partial charge in [-0.2, -0.15) is 5.26 Å². The average molecular weight is 237 g/mol. The lowest BCUT2D eigenvalue weighted by Gasteiger charge is -2.19. The molecule has 18 heavy (non-hydrogen) atoms. The summed E-state index contributed by atoms with van der Waals surface area (Å²) in [5, 5.41) is 9.01. The lowest BCUT2D eigenvalue weighted by atomic mass is 10.1. The molecular weight excluding hydrogens is 222 g/mol. The predicted molar refractivity (Wildman–Crippen MR) is 72.2 cm³/mol. The number of hydrogen-bond acceptors (Lipinski definition) is 3. The summed E-state index contributed by atoms with van der Waals surface area (Å²) in [5.74, 6) is 0. The van der Waals surface area contributed by atoms with E-state index in [0.717, 1.165) is 11.3 Å². The van der Waals surface area contributed by atoms with E-state index in [2.05, 4.69) is 47.1 Å². The van der Waals surface area contributed by atoms with E-state index in [9.17, 15) is 0 Å². The van der Waals surface area contributed by atoms with Crippen LogP contribution in [-0.2, 0) is 6.54 Å². The first-order valence-electron chi connectivity index (χ1n) is 5.82. The lowest BCUT2D eigenvalue weighted by molar-refractivity contribution is 0.909. The van der Waals surface area contributed by atoms with Gasteiger partial charge in [0, 0.05) is 31.0 Å². The Morgan fingerprint density at radius 1 is 1.22 bits per heavy atom. The van der Waals surface area contributed by atoms with Gasteiger partial charge in [-0.3, -0.25) is 0 Å². The molecule has 1 heterocycles. The van der Waals surface area contributed by atoms with Crippen LogP contribution in [0.1, 0.15) is 16.8 Å². The molecule has 0 fully saturated rings. The molecule has 0 aliphatic carbocycles. The summed E-state index contributed by atoms with van der Waals surface area (Å²) in [4.78, 5) is 6.18. The van der Waals surface area contributed by atoms with Gasteiger partial charge in [-0.15, -0.1) is 0 Å². The zero-order valence-corrected chi connectivity index (χ0v) is 10.6. The highest BCUT2D eigenvalue weighted by atomic mass is 15.1. The Labute approximate surface area is 107 Å². The molecule has 0 bridgehead atoms. The fraction of sp³-hybridized carbons (Fsp3) is 0.200. The predicted octanol–water partition coefficient (Wildman–Crippen LogP) is 2.90. The summed E-state index contributed by atoms with van der Waals surface area (Å²) in [6.45, 7) is 2.75. The zero-order valence-electron chi connectivity index (χ0n) is 10.6. The Bertz CT molecular complexity index is 567. The van der Waals surface area contributed by atoms with Crippen LogP contribution in [0.3, 0.4) is 0 Å². The molecule has 2 rings (SSSR count). The molecule has 0 aliphatic rings. The Kier molecular flexibility index (Phi) is 3.59.